The number of nitrogens with one attached hydrogen (secondary N) is 1. The predicted octanol–water partition coefficient (Wildman–Crippen LogP) is 6.02. The maximum absolute atomic E-state index is 12.9. The number of nitro groups is 1. The van der Waals surface area contributed by atoms with Gasteiger partial charge in [-0.05, 0) is 78.2 Å². The molecule has 0 radical (unpaired) electrons. The van der Waals surface area contributed by atoms with E-state index in [2.05, 4.69) is 28.2 Å². The van der Waals surface area contributed by atoms with Gasteiger partial charge in [0.1, 0.15) is 17.0 Å². The van der Waals surface area contributed by atoms with Crippen molar-refractivity contribution in [1.29, 1.82) is 5.26 Å². The van der Waals surface area contributed by atoms with Gasteiger partial charge >= 0.3 is 11.8 Å². The van der Waals surface area contributed by atoms with Crippen LogP contribution in [0.3, 0.4) is 0 Å². The van der Waals surface area contributed by atoms with Crippen molar-refractivity contribution in [3.05, 3.63) is 56.5 Å². The lowest BCUT2D eigenvalue weighted by atomic mass is 9.68. The highest BCUT2D eigenvalue weighted by Crippen LogP contribution is 2.47. The summed E-state index contributed by atoms with van der Waals surface area (Å²) in [5.74, 6) is 0.698. The summed E-state index contributed by atoms with van der Waals surface area (Å²) in [6.07, 6.45) is 2.74. The van der Waals surface area contributed by atoms with Crippen LogP contribution in [0, 0.1) is 26.9 Å². The van der Waals surface area contributed by atoms with E-state index in [-0.39, 0.29) is 21.7 Å². The van der Waals surface area contributed by atoms with Crippen LogP contribution in [0.4, 0.5) is 21.9 Å². The minimum Gasteiger partial charge on any atom is -0.494 e. The average Bonchev–Trinajstić information content (AvgIpc) is 3.12. The number of carbonyl (C=O) groups is 1. The maximum atomic E-state index is 12.9. The second-order valence-electron chi connectivity index (χ2n) is 9.49. The summed E-state index contributed by atoms with van der Waals surface area (Å²) in [5, 5.41) is 24.1. The number of nitriles is 1. The second-order valence-corrected chi connectivity index (χ2v) is 10.3. The summed E-state index contributed by atoms with van der Waals surface area (Å²) in [7, 11) is 0. The molecule has 2 atom stereocenters. The zero-order valence-corrected chi connectivity index (χ0v) is 21.3. The molecule has 35 heavy (non-hydrogen) atoms. The molecule has 1 amide bonds. The van der Waals surface area contributed by atoms with Crippen LogP contribution in [0.15, 0.2) is 40.9 Å². The van der Waals surface area contributed by atoms with Crippen LogP contribution in [0.25, 0.3) is 0 Å². The molecule has 2 aliphatic rings. The van der Waals surface area contributed by atoms with Crippen molar-refractivity contribution in [3.8, 4) is 11.8 Å². The van der Waals surface area contributed by atoms with E-state index < -0.39 is 10.5 Å². The maximum Gasteiger partial charge on any atom is 0.415 e. The van der Waals surface area contributed by atoms with E-state index in [1.165, 1.54) is 12.1 Å². The van der Waals surface area contributed by atoms with E-state index in [9.17, 15) is 20.2 Å². The number of rotatable bonds is 7. The molecule has 2 aromatic rings. The number of nitrogens with zero attached hydrogens (tertiary/aromatic N) is 3. The fraction of sp³-hybridized carbons (Fsp3) is 0.440. The van der Waals surface area contributed by atoms with Crippen LogP contribution in [0.1, 0.15) is 45.1 Å². The Morgan fingerprint density at radius 1 is 1.34 bits per heavy atom. The van der Waals surface area contributed by atoms with Crippen molar-refractivity contribution < 1.29 is 19.2 Å². The first-order chi connectivity index (χ1) is 16.7. The van der Waals surface area contributed by atoms with Crippen LogP contribution >= 0.6 is 15.9 Å². The van der Waals surface area contributed by atoms with E-state index in [1.54, 1.807) is 4.90 Å². The third-order valence-corrected chi connectivity index (χ3v) is 7.26. The van der Waals surface area contributed by atoms with Gasteiger partial charge in [-0.2, -0.15) is 5.26 Å². The molecule has 1 aliphatic carbocycles. The highest BCUT2D eigenvalue weighted by molar-refractivity contribution is 9.10. The number of hydrogen-bond acceptors (Lipinski definition) is 7. The van der Waals surface area contributed by atoms with Crippen LogP contribution in [-0.2, 0) is 4.74 Å². The molecular formula is C25H27BrN4O5. The smallest absolute Gasteiger partial charge is 0.415 e. The predicted molar refractivity (Wildman–Crippen MR) is 135 cm³/mol. The molecule has 0 unspecified atom stereocenters. The molecule has 0 aromatic heterocycles. The third-order valence-electron chi connectivity index (χ3n) is 6.65. The Kier molecular flexibility index (Phi) is 6.90. The monoisotopic (exact) mass is 542 g/mol. The Balaban J connectivity index is 1.52. The molecule has 184 valence electrons. The molecule has 1 saturated carbocycles. The van der Waals surface area contributed by atoms with Crippen LogP contribution < -0.4 is 15.0 Å². The van der Waals surface area contributed by atoms with Crippen molar-refractivity contribution in [2.24, 2.45) is 5.41 Å². The van der Waals surface area contributed by atoms with E-state index in [0.717, 1.165) is 24.9 Å². The average molecular weight is 543 g/mol. The van der Waals surface area contributed by atoms with Gasteiger partial charge in [-0.3, -0.25) is 15.0 Å². The third kappa shape index (κ3) is 5.20. The number of nitro benzene ring substituents is 1. The number of ether oxygens (including phenoxy) is 2. The Bertz CT molecular complexity index is 1200. The van der Waals surface area contributed by atoms with Gasteiger partial charge in [0.15, 0.2) is 0 Å². The van der Waals surface area contributed by atoms with Gasteiger partial charge in [0.2, 0.25) is 0 Å². The number of carbonyl (C=O) groups excluding carboxylic acids is 1. The Labute approximate surface area is 212 Å². The molecular weight excluding hydrogens is 516 g/mol. The quantitative estimate of drug-likeness (QED) is 0.335. The molecule has 1 spiro atoms. The Morgan fingerprint density at radius 3 is 2.86 bits per heavy atom. The topological polar surface area (TPSA) is 118 Å². The van der Waals surface area contributed by atoms with E-state index in [1.807, 2.05) is 37.3 Å². The first-order valence-electron chi connectivity index (χ1n) is 11.5. The number of hydrogen-bond donors (Lipinski definition) is 1. The van der Waals surface area contributed by atoms with E-state index in [0.29, 0.717) is 43.1 Å². The highest BCUT2D eigenvalue weighted by atomic mass is 79.9. The molecule has 9 nitrogen and oxygen atoms in total. The zero-order chi connectivity index (χ0) is 25.2. The number of halogens is 1. The SMILES string of the molecule is CCOc1cccc(N2C[C@@]3(CCC[C@](C)(CNc4cc(C#N)cc(Br)c4[N+](=O)[O-])C3)OC2=O)c1. The van der Waals surface area contributed by atoms with Gasteiger partial charge in [0.25, 0.3) is 0 Å². The fourth-order valence-corrected chi connectivity index (χ4v) is 5.79. The summed E-state index contributed by atoms with van der Waals surface area (Å²) in [4.78, 5) is 25.7. The highest BCUT2D eigenvalue weighted by Gasteiger charge is 2.51. The molecule has 2 fully saturated rings. The van der Waals surface area contributed by atoms with Crippen molar-refractivity contribution in [1.82, 2.24) is 0 Å². The molecule has 1 N–H and O–H groups in total. The lowest BCUT2D eigenvalue weighted by molar-refractivity contribution is -0.384. The number of benzene rings is 2. The standard InChI is InChI=1S/C25H27BrN4O5/c1-3-34-19-7-4-6-18(12-19)29-16-25(35-23(29)31)9-5-8-24(2,14-25)15-28-21-11-17(13-27)10-20(26)22(21)30(32)33/h4,6-7,10-12,28H,3,5,8-9,14-16H2,1-2H3/t24-,25-/m0/s1. The second kappa shape index (κ2) is 9.74. The first kappa shape index (κ1) is 24.8. The summed E-state index contributed by atoms with van der Waals surface area (Å²) in [5.41, 5.74) is 0.339. The van der Waals surface area contributed by atoms with Crippen LogP contribution in [0.2, 0.25) is 0 Å². The molecule has 10 heteroatoms. The minimum absolute atomic E-state index is 0.106. The lowest BCUT2D eigenvalue weighted by Crippen LogP contribution is -2.46. The zero-order valence-electron chi connectivity index (χ0n) is 19.7. The van der Waals surface area contributed by atoms with Gasteiger partial charge < -0.3 is 14.8 Å². The van der Waals surface area contributed by atoms with Crippen molar-refractivity contribution in [2.45, 2.75) is 45.1 Å². The molecule has 4 rings (SSSR count). The molecule has 1 saturated heterocycles. The number of amides is 1. The fourth-order valence-electron chi connectivity index (χ4n) is 5.19. The summed E-state index contributed by atoms with van der Waals surface area (Å²) < 4.78 is 11.8. The van der Waals surface area contributed by atoms with E-state index in [4.69, 9.17) is 9.47 Å². The van der Waals surface area contributed by atoms with Gasteiger partial charge in [-0.1, -0.05) is 13.0 Å². The first-order valence-corrected chi connectivity index (χ1v) is 12.3. The Hall–Kier alpha value is -3.32. The summed E-state index contributed by atoms with van der Waals surface area (Å²) in [6.45, 7) is 5.42. The molecule has 2 aromatic carbocycles. The Morgan fingerprint density at radius 2 is 2.14 bits per heavy atom. The van der Waals surface area contributed by atoms with Crippen LogP contribution in [0.5, 0.6) is 5.75 Å². The van der Waals surface area contributed by atoms with E-state index >= 15 is 0 Å². The van der Waals surface area contributed by atoms with Gasteiger partial charge in [0, 0.05) is 12.6 Å². The minimum atomic E-state index is -0.631. The molecule has 0 bridgehead atoms. The van der Waals surface area contributed by atoms with Gasteiger partial charge in [0.05, 0.1) is 39.9 Å². The normalized spacial score (nSPS) is 23.6. The molecule has 1 aliphatic heterocycles. The van der Waals surface area contributed by atoms with Crippen molar-refractivity contribution in [3.63, 3.8) is 0 Å². The van der Waals surface area contributed by atoms with Crippen LogP contribution in [-0.4, -0.2) is 36.3 Å². The largest absolute Gasteiger partial charge is 0.494 e. The summed E-state index contributed by atoms with van der Waals surface area (Å²) >= 11 is 3.21. The van der Waals surface area contributed by atoms with Gasteiger partial charge in [-0.25, -0.2) is 4.79 Å². The lowest BCUT2D eigenvalue weighted by Gasteiger charge is -2.43. The van der Waals surface area contributed by atoms with Gasteiger partial charge in [-0.15, -0.1) is 0 Å². The molecule has 1 heterocycles. The summed E-state index contributed by atoms with van der Waals surface area (Å²) in [6, 6.07) is 12.4. The number of anilines is 2. The van der Waals surface area contributed by atoms with Crippen molar-refractivity contribution >= 4 is 39.1 Å². The van der Waals surface area contributed by atoms with Crippen molar-refractivity contribution in [2.75, 3.05) is 29.9 Å².